The molecule has 1 amide bonds. The van der Waals surface area contributed by atoms with Crippen molar-refractivity contribution in [1.29, 1.82) is 0 Å². The van der Waals surface area contributed by atoms with Crippen LogP contribution < -0.4 is 19.5 Å². The predicted octanol–water partition coefficient (Wildman–Crippen LogP) is 3.94. The molecule has 4 rings (SSSR count). The number of nitrogens with zero attached hydrogens (tertiary/aromatic N) is 1. The zero-order chi connectivity index (χ0) is 29.9. The lowest BCUT2D eigenvalue weighted by molar-refractivity contribution is -0.148. The maximum Gasteiger partial charge on any atom is 0.308 e. The lowest BCUT2D eigenvalue weighted by atomic mass is 9.91. The number of carbonyl (C=O) groups excluding carboxylic acids is 3. The Morgan fingerprint density at radius 3 is 2.52 bits per heavy atom. The molecule has 2 aromatic rings. The van der Waals surface area contributed by atoms with E-state index in [2.05, 4.69) is 10.2 Å². The summed E-state index contributed by atoms with van der Waals surface area (Å²) in [6.45, 7) is 3.58. The van der Waals surface area contributed by atoms with Gasteiger partial charge in [0, 0.05) is 32.6 Å². The van der Waals surface area contributed by atoms with Crippen LogP contribution in [0.2, 0.25) is 0 Å². The van der Waals surface area contributed by atoms with Gasteiger partial charge in [0.1, 0.15) is 11.9 Å². The van der Waals surface area contributed by atoms with E-state index in [9.17, 15) is 14.4 Å². The van der Waals surface area contributed by atoms with Gasteiger partial charge in [-0.3, -0.25) is 19.3 Å². The van der Waals surface area contributed by atoms with Crippen molar-refractivity contribution in [1.82, 2.24) is 10.2 Å². The van der Waals surface area contributed by atoms with Gasteiger partial charge in [0.25, 0.3) is 5.91 Å². The molecule has 1 saturated heterocycles. The molecule has 1 heterocycles. The van der Waals surface area contributed by atoms with E-state index in [4.69, 9.17) is 23.7 Å². The van der Waals surface area contributed by atoms with Crippen LogP contribution in [0, 0.1) is 0 Å². The average Bonchev–Trinajstić information content (AvgIpc) is 3.45. The average molecular weight is 583 g/mol. The van der Waals surface area contributed by atoms with Crippen LogP contribution in [0.3, 0.4) is 0 Å². The van der Waals surface area contributed by atoms with Crippen molar-refractivity contribution in [2.75, 3.05) is 40.5 Å². The summed E-state index contributed by atoms with van der Waals surface area (Å²) >= 11 is 0. The second kappa shape index (κ2) is 15.6. The van der Waals surface area contributed by atoms with Gasteiger partial charge in [-0.2, -0.15) is 0 Å². The lowest BCUT2D eigenvalue weighted by Crippen LogP contribution is -2.46. The van der Waals surface area contributed by atoms with E-state index in [0.717, 1.165) is 50.0 Å². The van der Waals surface area contributed by atoms with Gasteiger partial charge in [0.15, 0.2) is 11.5 Å². The fourth-order valence-corrected chi connectivity index (χ4v) is 5.72. The number of hydrogen-bond donors (Lipinski definition) is 1. The number of ether oxygens (including phenoxy) is 5. The molecule has 0 bridgehead atoms. The molecular formula is C32H42N2O8. The molecule has 2 fully saturated rings. The Balaban J connectivity index is 1.20. The minimum atomic E-state index is -0.509. The molecular weight excluding hydrogens is 540 g/mol. The topological polar surface area (TPSA) is 113 Å². The number of likely N-dealkylation sites (tertiary alicyclic amines) is 1. The quantitative estimate of drug-likeness (QED) is 0.277. The number of benzene rings is 2. The van der Waals surface area contributed by atoms with Crippen molar-refractivity contribution in [3.8, 4) is 17.2 Å². The van der Waals surface area contributed by atoms with Gasteiger partial charge < -0.3 is 29.0 Å². The van der Waals surface area contributed by atoms with Crippen LogP contribution in [0.5, 0.6) is 17.2 Å². The highest BCUT2D eigenvalue weighted by Gasteiger charge is 2.36. The van der Waals surface area contributed by atoms with Gasteiger partial charge in [-0.25, -0.2) is 0 Å². The first-order chi connectivity index (χ1) is 20.4. The van der Waals surface area contributed by atoms with E-state index in [-0.39, 0.29) is 42.5 Å². The largest absolute Gasteiger partial charge is 0.493 e. The molecule has 1 saturated carbocycles. The minimum Gasteiger partial charge on any atom is -0.493 e. The van der Waals surface area contributed by atoms with Crippen LogP contribution in [0.15, 0.2) is 42.5 Å². The molecule has 0 aromatic heterocycles. The van der Waals surface area contributed by atoms with Gasteiger partial charge in [0.05, 0.1) is 38.9 Å². The third kappa shape index (κ3) is 8.69. The maximum atomic E-state index is 12.5. The second-order valence-corrected chi connectivity index (χ2v) is 10.7. The van der Waals surface area contributed by atoms with Crippen LogP contribution in [0.4, 0.5) is 0 Å². The molecule has 228 valence electrons. The number of para-hydroxylation sites is 1. The van der Waals surface area contributed by atoms with Gasteiger partial charge >= 0.3 is 11.9 Å². The predicted molar refractivity (Wildman–Crippen MR) is 156 cm³/mol. The Kier molecular flexibility index (Phi) is 11.6. The van der Waals surface area contributed by atoms with Crippen molar-refractivity contribution in [2.24, 2.45) is 0 Å². The Bertz CT molecular complexity index is 1220. The van der Waals surface area contributed by atoms with E-state index >= 15 is 0 Å². The minimum absolute atomic E-state index is 0.0588. The third-order valence-electron chi connectivity index (χ3n) is 7.78. The van der Waals surface area contributed by atoms with E-state index < -0.39 is 11.9 Å². The Hall–Kier alpha value is -3.63. The smallest absolute Gasteiger partial charge is 0.308 e. The Morgan fingerprint density at radius 2 is 1.74 bits per heavy atom. The molecule has 2 aromatic carbocycles. The summed E-state index contributed by atoms with van der Waals surface area (Å²) in [5.41, 5.74) is 1.37. The third-order valence-corrected chi connectivity index (χ3v) is 7.78. The number of hydrogen-bond acceptors (Lipinski definition) is 9. The number of esters is 2. The second-order valence-electron chi connectivity index (χ2n) is 10.7. The molecule has 0 spiro atoms. The maximum absolute atomic E-state index is 12.5. The number of carbonyl (C=O) groups is 3. The molecule has 10 heteroatoms. The Labute approximate surface area is 247 Å². The summed E-state index contributed by atoms with van der Waals surface area (Å²) in [6.07, 6.45) is 6.02. The molecule has 10 nitrogen and oxygen atoms in total. The first kappa shape index (κ1) is 31.3. The van der Waals surface area contributed by atoms with E-state index in [1.165, 1.54) is 13.3 Å². The van der Waals surface area contributed by atoms with Gasteiger partial charge in [-0.15, -0.1) is 0 Å². The van der Waals surface area contributed by atoms with Crippen molar-refractivity contribution in [2.45, 2.75) is 70.1 Å². The van der Waals surface area contributed by atoms with Crippen LogP contribution in [-0.4, -0.2) is 81.5 Å². The molecule has 3 atom stereocenters. The number of rotatable bonds is 13. The first-order valence-electron chi connectivity index (χ1n) is 14.7. The van der Waals surface area contributed by atoms with Crippen LogP contribution in [0.25, 0.3) is 0 Å². The molecule has 42 heavy (non-hydrogen) atoms. The summed E-state index contributed by atoms with van der Waals surface area (Å²) in [5.74, 6) is 0.343. The number of nitrogens with one attached hydrogen (secondary N) is 1. The van der Waals surface area contributed by atoms with Gasteiger partial charge in [-0.05, 0) is 55.5 Å². The zero-order valence-corrected chi connectivity index (χ0v) is 24.8. The molecule has 1 aliphatic heterocycles. The van der Waals surface area contributed by atoms with Crippen molar-refractivity contribution >= 4 is 17.8 Å². The summed E-state index contributed by atoms with van der Waals surface area (Å²) in [7, 11) is 3.27. The molecule has 0 radical (unpaired) electrons. The lowest BCUT2D eigenvalue weighted by Gasteiger charge is -2.37. The van der Waals surface area contributed by atoms with Gasteiger partial charge in [-0.1, -0.05) is 31.0 Å². The number of amides is 1. The van der Waals surface area contributed by atoms with Crippen molar-refractivity contribution < 1.29 is 38.1 Å². The SMILES string of the molecule is COc1ccc(CCO[C@@H]2CCCC[C@H]2N2CC[C@@H](OC(=O)CCNC(=O)c3ccccc3OC(C)=O)C2)cc1OC. The first-order valence-corrected chi connectivity index (χ1v) is 14.7. The molecule has 1 N–H and O–H groups in total. The summed E-state index contributed by atoms with van der Waals surface area (Å²) < 4.78 is 28.0. The van der Waals surface area contributed by atoms with E-state index in [0.29, 0.717) is 24.9 Å². The highest BCUT2D eigenvalue weighted by Crippen LogP contribution is 2.30. The fourth-order valence-electron chi connectivity index (χ4n) is 5.72. The highest BCUT2D eigenvalue weighted by molar-refractivity contribution is 5.97. The van der Waals surface area contributed by atoms with Crippen molar-refractivity contribution in [3.63, 3.8) is 0 Å². The molecule has 1 aliphatic carbocycles. The van der Waals surface area contributed by atoms with E-state index in [1.54, 1.807) is 38.5 Å². The van der Waals surface area contributed by atoms with Crippen LogP contribution >= 0.6 is 0 Å². The highest BCUT2D eigenvalue weighted by atomic mass is 16.5. The van der Waals surface area contributed by atoms with E-state index in [1.807, 2.05) is 18.2 Å². The standard InChI is InChI=1S/C32H42N2O8/c1-22(35)41-27-10-6-4-8-25(27)32(37)33-17-14-31(36)42-24-15-18-34(21-24)26-9-5-7-11-28(26)40-19-16-23-12-13-29(38-2)30(20-23)39-3/h4,6,8,10,12-13,20,24,26,28H,5,7,9,11,14-19,21H2,1-3H3,(H,33,37)/t24-,26-,28-/m1/s1. The fraction of sp³-hybridized carbons (Fsp3) is 0.531. The summed E-state index contributed by atoms with van der Waals surface area (Å²) in [6, 6.07) is 12.7. The van der Waals surface area contributed by atoms with Crippen LogP contribution in [0.1, 0.15) is 61.4 Å². The summed E-state index contributed by atoms with van der Waals surface area (Å²) in [5, 5.41) is 2.71. The Morgan fingerprint density at radius 1 is 0.952 bits per heavy atom. The molecule has 2 aliphatic rings. The zero-order valence-electron chi connectivity index (χ0n) is 24.8. The van der Waals surface area contributed by atoms with Gasteiger partial charge in [0.2, 0.25) is 0 Å². The van der Waals surface area contributed by atoms with Crippen molar-refractivity contribution in [3.05, 3.63) is 53.6 Å². The monoisotopic (exact) mass is 582 g/mol. The normalized spacial score (nSPS) is 20.5. The number of methoxy groups -OCH3 is 2. The van der Waals surface area contributed by atoms with Crippen LogP contribution in [-0.2, 0) is 25.5 Å². The summed E-state index contributed by atoms with van der Waals surface area (Å²) in [4.78, 5) is 38.8. The molecule has 0 unspecified atom stereocenters.